The van der Waals surface area contributed by atoms with Crippen LogP contribution in [0.1, 0.15) is 41.0 Å². The first-order valence-corrected chi connectivity index (χ1v) is 9.88. The summed E-state index contributed by atoms with van der Waals surface area (Å²) in [6.45, 7) is 8.99. The summed E-state index contributed by atoms with van der Waals surface area (Å²) in [5, 5.41) is 0. The van der Waals surface area contributed by atoms with E-state index >= 15 is 0 Å². The van der Waals surface area contributed by atoms with Crippen LogP contribution in [-0.2, 0) is 23.1 Å². The van der Waals surface area contributed by atoms with Crippen LogP contribution < -0.4 is 5.73 Å². The molecule has 0 bridgehead atoms. The first-order valence-electron chi connectivity index (χ1n) is 8.39. The zero-order chi connectivity index (χ0) is 20.1. The van der Waals surface area contributed by atoms with Crippen molar-refractivity contribution in [3.8, 4) is 0 Å². The van der Waals surface area contributed by atoms with E-state index in [0.29, 0.717) is 10.9 Å². The summed E-state index contributed by atoms with van der Waals surface area (Å²) < 4.78 is 27.0. The predicted octanol–water partition coefficient (Wildman–Crippen LogP) is 2.12. The highest BCUT2D eigenvalue weighted by Crippen LogP contribution is 2.43. The van der Waals surface area contributed by atoms with Crippen molar-refractivity contribution in [1.82, 2.24) is 0 Å². The Hall–Kier alpha value is -0.500. The number of nitrogens with zero attached hydrogens (tertiary/aromatic N) is 1. The predicted molar refractivity (Wildman–Crippen MR) is 96.5 cm³/mol. The Morgan fingerprint density at radius 1 is 1.16 bits per heavy atom. The molecule has 3 N–H and O–H groups in total. The second kappa shape index (κ2) is 8.93. The average molecular weight is 383 g/mol. The molecule has 0 spiro atoms. The van der Waals surface area contributed by atoms with Crippen molar-refractivity contribution in [1.29, 1.82) is 0 Å². The molecule has 0 saturated heterocycles. The van der Waals surface area contributed by atoms with Crippen molar-refractivity contribution < 1.29 is 32.5 Å². The fraction of sp³-hybridized carbons (Fsp3) is 0.938. The number of rotatable bonds is 11. The minimum atomic E-state index is -4.18. The lowest BCUT2D eigenvalue weighted by atomic mass is 9.68. The zero-order valence-corrected chi connectivity index (χ0v) is 17.8. The first kappa shape index (κ1) is 24.5. The van der Waals surface area contributed by atoms with Gasteiger partial charge in [-0.3, -0.25) is 9.32 Å². The molecule has 25 heavy (non-hydrogen) atoms. The maximum atomic E-state index is 12.5. The molecule has 0 aliphatic heterocycles. The molecule has 0 amide bonds. The molecule has 2 unspecified atom stereocenters. The molecule has 0 rings (SSSR count). The molecule has 0 saturated carbocycles. The summed E-state index contributed by atoms with van der Waals surface area (Å²) in [6, 6.07) is 0. The number of carbonyl (C=O) groups excluding carboxylic acids is 1. The van der Waals surface area contributed by atoms with Gasteiger partial charge in [0.2, 0.25) is 0 Å². The van der Waals surface area contributed by atoms with Crippen molar-refractivity contribution in [2.45, 2.75) is 46.6 Å². The lowest BCUT2D eigenvalue weighted by Gasteiger charge is -2.40. The Kier molecular flexibility index (Phi) is 8.75. The topological polar surface area (TPSA) is 108 Å². The molecule has 2 atom stereocenters. The maximum absolute atomic E-state index is 12.5. The van der Waals surface area contributed by atoms with Crippen molar-refractivity contribution in [3.63, 3.8) is 0 Å². The third kappa shape index (κ3) is 9.13. The van der Waals surface area contributed by atoms with Crippen molar-refractivity contribution in [2.75, 3.05) is 41.1 Å². The van der Waals surface area contributed by atoms with Crippen LogP contribution >= 0.6 is 7.82 Å². The lowest BCUT2D eigenvalue weighted by molar-refractivity contribution is -0.887. The van der Waals surface area contributed by atoms with E-state index in [0.717, 1.165) is 0 Å². The van der Waals surface area contributed by atoms with Gasteiger partial charge in [0.05, 0.1) is 33.2 Å². The van der Waals surface area contributed by atoms with E-state index in [9.17, 15) is 14.3 Å². The highest BCUT2D eigenvalue weighted by atomic mass is 31.2. The molecular weight excluding hydrogens is 347 g/mol. The van der Waals surface area contributed by atoms with Crippen LogP contribution in [0.2, 0.25) is 0 Å². The molecule has 0 aromatic heterocycles. The van der Waals surface area contributed by atoms with Gasteiger partial charge in [-0.1, -0.05) is 13.8 Å². The number of phosphoric acid groups is 1. The fourth-order valence-corrected chi connectivity index (χ4v) is 3.03. The molecule has 0 aromatic carbocycles. The van der Waals surface area contributed by atoms with Crippen LogP contribution in [-0.4, -0.2) is 62.0 Å². The number of phosphoric ester groups is 1. The monoisotopic (exact) mass is 383 g/mol. The standard InChI is InChI=1S/C16H35N2O6P/c1-13(2)11-16(5,15(3,4)17)14(19)22-9-10-23-25(20,21)24-12-18(6,7)8/h13H,9-12,17H2,1-8H3/p+1. The van der Waals surface area contributed by atoms with Gasteiger partial charge in [0.1, 0.15) is 6.61 Å². The van der Waals surface area contributed by atoms with Crippen LogP contribution in [0.5, 0.6) is 0 Å². The summed E-state index contributed by atoms with van der Waals surface area (Å²) in [5.74, 6) is -0.185. The molecule has 0 aromatic rings. The van der Waals surface area contributed by atoms with Gasteiger partial charge in [-0.05, 0) is 33.1 Å². The van der Waals surface area contributed by atoms with Gasteiger partial charge in [-0.15, -0.1) is 0 Å². The Labute approximate surface area is 151 Å². The van der Waals surface area contributed by atoms with Crippen molar-refractivity contribution >= 4 is 13.8 Å². The van der Waals surface area contributed by atoms with E-state index in [1.165, 1.54) is 0 Å². The highest BCUT2D eigenvalue weighted by molar-refractivity contribution is 7.47. The average Bonchev–Trinajstić information content (AvgIpc) is 2.38. The Morgan fingerprint density at radius 2 is 1.68 bits per heavy atom. The Balaban J connectivity index is 4.56. The fourth-order valence-electron chi connectivity index (χ4n) is 2.16. The van der Waals surface area contributed by atoms with Crippen molar-refractivity contribution in [2.24, 2.45) is 17.1 Å². The Bertz CT molecular complexity index is 484. The van der Waals surface area contributed by atoms with Gasteiger partial charge in [0, 0.05) is 5.54 Å². The quantitative estimate of drug-likeness (QED) is 0.185. The van der Waals surface area contributed by atoms with Gasteiger partial charge in [-0.25, -0.2) is 9.09 Å². The minimum Gasteiger partial charge on any atom is -0.463 e. The number of esters is 1. The molecule has 8 nitrogen and oxygen atoms in total. The molecule has 0 radical (unpaired) electrons. The van der Waals surface area contributed by atoms with E-state index in [4.69, 9.17) is 19.5 Å². The van der Waals surface area contributed by atoms with Crippen LogP contribution in [0.3, 0.4) is 0 Å². The van der Waals surface area contributed by atoms with Crippen LogP contribution in [0.15, 0.2) is 0 Å². The number of nitrogens with two attached hydrogens (primary N) is 1. The highest BCUT2D eigenvalue weighted by Gasteiger charge is 2.46. The third-order valence-corrected chi connectivity index (χ3v) is 4.82. The minimum absolute atomic E-state index is 0.0153. The van der Waals surface area contributed by atoms with Gasteiger partial charge < -0.3 is 19.8 Å². The smallest absolute Gasteiger partial charge is 0.463 e. The SMILES string of the molecule is CC(C)CC(C)(C(=O)OCCOP(=O)(O)OC[N+](C)(C)C)C(C)(C)N. The molecule has 150 valence electrons. The zero-order valence-electron chi connectivity index (χ0n) is 16.9. The van der Waals surface area contributed by atoms with Gasteiger partial charge in [-0.2, -0.15) is 0 Å². The van der Waals surface area contributed by atoms with E-state index in [2.05, 4.69) is 0 Å². The molecule has 0 aliphatic carbocycles. The second-order valence-electron chi connectivity index (χ2n) is 8.64. The third-order valence-electron chi connectivity index (χ3n) is 3.87. The van der Waals surface area contributed by atoms with E-state index in [-0.39, 0.29) is 25.9 Å². The Morgan fingerprint density at radius 3 is 2.08 bits per heavy atom. The van der Waals surface area contributed by atoms with E-state index < -0.39 is 24.7 Å². The molecule has 0 fully saturated rings. The molecular formula is C16H36N2O6P+. The lowest BCUT2D eigenvalue weighted by Crippen LogP contribution is -2.55. The number of ether oxygens (including phenoxy) is 1. The van der Waals surface area contributed by atoms with Gasteiger partial charge >= 0.3 is 13.8 Å². The summed E-state index contributed by atoms with van der Waals surface area (Å²) in [5.41, 5.74) is 4.54. The number of carbonyl (C=O) groups is 1. The number of hydrogen-bond acceptors (Lipinski definition) is 6. The number of quaternary nitrogens is 1. The van der Waals surface area contributed by atoms with Gasteiger partial charge in [0.15, 0.2) is 6.73 Å². The second-order valence-corrected chi connectivity index (χ2v) is 10.1. The summed E-state index contributed by atoms with van der Waals surface area (Å²) in [6.07, 6.45) is 0.571. The first-order chi connectivity index (χ1) is 11.0. The van der Waals surface area contributed by atoms with Gasteiger partial charge in [0.25, 0.3) is 0 Å². The van der Waals surface area contributed by atoms with Crippen LogP contribution in [0.25, 0.3) is 0 Å². The molecule has 0 heterocycles. The normalized spacial score (nSPS) is 17.9. The van der Waals surface area contributed by atoms with E-state index in [1.54, 1.807) is 20.8 Å². The molecule has 0 aliphatic rings. The van der Waals surface area contributed by atoms with E-state index in [1.807, 2.05) is 35.0 Å². The van der Waals surface area contributed by atoms with Crippen molar-refractivity contribution in [3.05, 3.63) is 0 Å². The largest absolute Gasteiger partial charge is 0.476 e. The summed E-state index contributed by atoms with van der Waals surface area (Å²) in [4.78, 5) is 22.1. The molecule has 9 heteroatoms. The van der Waals surface area contributed by atoms with Crippen LogP contribution in [0, 0.1) is 11.3 Å². The van der Waals surface area contributed by atoms with Crippen LogP contribution in [0.4, 0.5) is 0 Å². The maximum Gasteiger partial charge on any atom is 0.476 e. The number of hydrogen-bond donors (Lipinski definition) is 2. The summed E-state index contributed by atoms with van der Waals surface area (Å²) >= 11 is 0. The summed E-state index contributed by atoms with van der Waals surface area (Å²) in [7, 11) is 1.26.